The van der Waals surface area contributed by atoms with Crippen molar-refractivity contribution in [1.82, 2.24) is 0 Å². The van der Waals surface area contributed by atoms with Gasteiger partial charge in [0.15, 0.2) is 0 Å². The minimum Gasteiger partial charge on any atom is -0.273 e. The molecule has 0 saturated carbocycles. The molecule has 4 nitrogen and oxygen atoms in total. The third kappa shape index (κ3) is 2.76. The van der Waals surface area contributed by atoms with Crippen LogP contribution in [0.1, 0.15) is 10.8 Å². The Morgan fingerprint density at radius 1 is 1.00 bits per heavy atom. The molecule has 6 heteroatoms. The quantitative estimate of drug-likeness (QED) is 0.756. The van der Waals surface area contributed by atoms with Gasteiger partial charge in [0, 0.05) is 15.3 Å². The van der Waals surface area contributed by atoms with Crippen molar-refractivity contribution in [3.05, 3.63) is 64.6 Å². The second-order valence-electron chi connectivity index (χ2n) is 4.86. The van der Waals surface area contributed by atoms with Gasteiger partial charge in [-0.3, -0.25) is 13.8 Å². The van der Waals surface area contributed by atoms with E-state index in [-0.39, 0.29) is 5.75 Å². The third-order valence-corrected chi connectivity index (χ3v) is 5.47. The molecule has 1 fully saturated rings. The molecule has 2 atom stereocenters. The summed E-state index contributed by atoms with van der Waals surface area (Å²) >= 11 is 3.32. The minimum absolute atomic E-state index is 0.151. The Hall–Kier alpha value is -1.79. The van der Waals surface area contributed by atoms with E-state index in [1.807, 2.05) is 6.07 Å². The van der Waals surface area contributed by atoms with E-state index in [2.05, 4.69) is 15.9 Å². The van der Waals surface area contributed by atoms with Gasteiger partial charge in [0.1, 0.15) is 11.0 Å². The van der Waals surface area contributed by atoms with Crippen molar-refractivity contribution in [3.8, 4) is 0 Å². The van der Waals surface area contributed by atoms with Gasteiger partial charge in [-0.2, -0.15) is 0 Å². The Morgan fingerprint density at radius 3 is 2.27 bits per heavy atom. The molecule has 1 aliphatic rings. The van der Waals surface area contributed by atoms with Gasteiger partial charge in [-0.05, 0) is 29.8 Å². The lowest BCUT2D eigenvalue weighted by atomic mass is 10.1. The number of imide groups is 1. The fourth-order valence-electron chi connectivity index (χ4n) is 2.41. The second kappa shape index (κ2) is 6.14. The summed E-state index contributed by atoms with van der Waals surface area (Å²) in [5.41, 5.74) is 1.16. The van der Waals surface area contributed by atoms with E-state index in [9.17, 15) is 13.8 Å². The monoisotopic (exact) mass is 377 g/mol. The highest BCUT2D eigenvalue weighted by molar-refractivity contribution is 9.10. The van der Waals surface area contributed by atoms with Crippen LogP contribution >= 0.6 is 15.9 Å². The smallest absolute Gasteiger partial charge is 0.254 e. The number of carbonyl (C=O) groups is 2. The van der Waals surface area contributed by atoms with Crippen LogP contribution in [0.25, 0.3) is 0 Å². The van der Waals surface area contributed by atoms with Crippen molar-refractivity contribution in [2.45, 2.75) is 5.25 Å². The Bertz CT molecular complexity index is 746. The molecule has 0 spiro atoms. The lowest BCUT2D eigenvalue weighted by Crippen LogP contribution is -2.49. The van der Waals surface area contributed by atoms with Crippen LogP contribution in [0.2, 0.25) is 0 Å². The van der Waals surface area contributed by atoms with E-state index in [4.69, 9.17) is 0 Å². The summed E-state index contributed by atoms with van der Waals surface area (Å²) in [4.78, 5) is 26.0. The van der Waals surface area contributed by atoms with Gasteiger partial charge in [0.2, 0.25) is 5.91 Å². The molecule has 112 valence electrons. The lowest BCUT2D eigenvalue weighted by Gasteiger charge is -2.30. The number of halogens is 1. The van der Waals surface area contributed by atoms with Crippen molar-refractivity contribution >= 4 is 44.2 Å². The summed E-state index contributed by atoms with van der Waals surface area (Å²) < 4.78 is 13.1. The zero-order valence-electron chi connectivity index (χ0n) is 11.4. The van der Waals surface area contributed by atoms with Gasteiger partial charge in [-0.1, -0.05) is 46.3 Å². The average Bonchev–Trinajstić information content (AvgIpc) is 2.50. The first kappa shape index (κ1) is 15.1. The van der Waals surface area contributed by atoms with Crippen LogP contribution in [0.4, 0.5) is 5.69 Å². The molecule has 3 rings (SSSR count). The van der Waals surface area contributed by atoms with E-state index in [0.717, 1.165) is 9.37 Å². The zero-order chi connectivity index (χ0) is 15.7. The molecule has 0 aliphatic carbocycles. The van der Waals surface area contributed by atoms with E-state index < -0.39 is 27.9 Å². The summed E-state index contributed by atoms with van der Waals surface area (Å²) in [6, 6.07) is 15.8. The molecule has 1 saturated heterocycles. The molecule has 2 amide bonds. The highest BCUT2D eigenvalue weighted by Crippen LogP contribution is 2.30. The van der Waals surface area contributed by atoms with Crippen LogP contribution in [0.5, 0.6) is 0 Å². The summed E-state index contributed by atoms with van der Waals surface area (Å²) in [6.45, 7) is 0. The average molecular weight is 378 g/mol. The van der Waals surface area contributed by atoms with Crippen molar-refractivity contribution in [2.24, 2.45) is 0 Å². The highest BCUT2D eigenvalue weighted by atomic mass is 79.9. The number of nitrogens with zero attached hydrogens (tertiary/aromatic N) is 1. The van der Waals surface area contributed by atoms with Crippen LogP contribution in [0.3, 0.4) is 0 Å². The predicted molar refractivity (Wildman–Crippen MR) is 88.8 cm³/mol. The number of hydrogen-bond donors (Lipinski definition) is 0. The molecule has 0 radical (unpaired) electrons. The van der Waals surface area contributed by atoms with Gasteiger partial charge in [0.25, 0.3) is 5.91 Å². The van der Waals surface area contributed by atoms with E-state index in [1.165, 1.54) is 0 Å². The molecule has 0 bridgehead atoms. The lowest BCUT2D eigenvalue weighted by molar-refractivity contribution is -0.125. The Balaban J connectivity index is 2.01. The van der Waals surface area contributed by atoms with Gasteiger partial charge in [0.05, 0.1) is 5.69 Å². The maximum atomic E-state index is 12.7. The van der Waals surface area contributed by atoms with Crippen LogP contribution in [-0.2, 0) is 20.4 Å². The van der Waals surface area contributed by atoms with Crippen LogP contribution < -0.4 is 4.90 Å². The van der Waals surface area contributed by atoms with E-state index in [1.54, 1.807) is 48.5 Å². The number of rotatable bonds is 2. The van der Waals surface area contributed by atoms with Crippen molar-refractivity contribution in [3.63, 3.8) is 0 Å². The van der Waals surface area contributed by atoms with Gasteiger partial charge >= 0.3 is 0 Å². The van der Waals surface area contributed by atoms with E-state index >= 15 is 0 Å². The molecule has 1 aliphatic heterocycles. The van der Waals surface area contributed by atoms with Crippen molar-refractivity contribution < 1.29 is 13.8 Å². The standard InChI is InChI=1S/C16H12BrNO3S/c17-12-6-8-13(9-7-12)18-14(19)10-22(21)15(16(18)20)11-4-2-1-3-5-11/h1-9,15H,10H2/t15-,22-/m0/s1. The van der Waals surface area contributed by atoms with Crippen LogP contribution in [0.15, 0.2) is 59.1 Å². The Labute approximate surface area is 138 Å². The summed E-state index contributed by atoms with van der Waals surface area (Å²) in [5, 5.41) is -0.803. The van der Waals surface area contributed by atoms with Gasteiger partial charge < -0.3 is 0 Å². The van der Waals surface area contributed by atoms with Crippen molar-refractivity contribution in [1.29, 1.82) is 0 Å². The number of amides is 2. The predicted octanol–water partition coefficient (Wildman–Crippen LogP) is 2.81. The highest BCUT2D eigenvalue weighted by Gasteiger charge is 2.41. The van der Waals surface area contributed by atoms with Gasteiger partial charge in [-0.15, -0.1) is 0 Å². The summed E-state index contributed by atoms with van der Waals surface area (Å²) in [6.07, 6.45) is 0. The molecule has 1 heterocycles. The molecule has 0 unspecified atom stereocenters. The van der Waals surface area contributed by atoms with Gasteiger partial charge in [-0.25, -0.2) is 4.90 Å². The number of carbonyl (C=O) groups excluding carboxylic acids is 2. The normalized spacial score (nSPS) is 22.0. The van der Waals surface area contributed by atoms with Crippen LogP contribution in [0, 0.1) is 0 Å². The van der Waals surface area contributed by atoms with Crippen LogP contribution in [-0.4, -0.2) is 21.8 Å². The molecule has 2 aromatic rings. The maximum Gasteiger partial charge on any atom is 0.254 e. The zero-order valence-corrected chi connectivity index (χ0v) is 13.8. The first-order valence-corrected chi connectivity index (χ1v) is 8.80. The first-order chi connectivity index (χ1) is 10.6. The SMILES string of the molecule is O=C1C[S@](=O)[C@@H](c2ccccc2)C(=O)N1c1ccc(Br)cc1. The Morgan fingerprint density at radius 2 is 1.64 bits per heavy atom. The number of anilines is 1. The largest absolute Gasteiger partial charge is 0.273 e. The molecular weight excluding hydrogens is 366 g/mol. The second-order valence-corrected chi connectivity index (χ2v) is 7.30. The van der Waals surface area contributed by atoms with E-state index in [0.29, 0.717) is 11.3 Å². The molecule has 22 heavy (non-hydrogen) atoms. The van der Waals surface area contributed by atoms with Crippen molar-refractivity contribution in [2.75, 3.05) is 10.7 Å². The Kier molecular flexibility index (Phi) is 4.22. The summed E-state index contributed by atoms with van der Waals surface area (Å²) in [5.74, 6) is -1.03. The third-order valence-electron chi connectivity index (χ3n) is 3.41. The first-order valence-electron chi connectivity index (χ1n) is 6.62. The fraction of sp³-hybridized carbons (Fsp3) is 0.125. The fourth-order valence-corrected chi connectivity index (χ4v) is 4.00. The number of benzene rings is 2. The number of hydrogen-bond acceptors (Lipinski definition) is 3. The minimum atomic E-state index is -1.54. The topological polar surface area (TPSA) is 54.5 Å². The maximum absolute atomic E-state index is 12.7. The molecule has 0 aromatic heterocycles. The molecular formula is C16H12BrNO3S. The molecule has 0 N–H and O–H groups in total. The molecule has 2 aromatic carbocycles. The summed E-state index contributed by atoms with van der Waals surface area (Å²) in [7, 11) is -1.54.